The standard InChI is InChI=1S/C54H39NS/c1-54(2,3)37-27-30-44-47(33-37)52(34-14-5-4-6-15-34)43-19-8-7-18-42(43)51(44)35-24-28-38(29-25-35)55-48-22-11-9-16-40(48)46-32-36(26-31-49(46)55)39-20-13-21-45-41-17-10-12-23-50(41)56-53(39)45/h4-33H,1-3H3. The van der Waals surface area contributed by atoms with E-state index >= 15 is 0 Å². The molecule has 0 aliphatic rings. The molecule has 2 heteroatoms. The molecule has 0 saturated carbocycles. The summed E-state index contributed by atoms with van der Waals surface area (Å²) in [5, 5.41) is 10.3. The Balaban J connectivity index is 1.09. The predicted octanol–water partition coefficient (Wildman–Crippen LogP) is 15.8. The van der Waals surface area contributed by atoms with E-state index in [0.717, 1.165) is 5.69 Å². The molecule has 0 atom stereocenters. The fraction of sp³-hybridized carbons (Fsp3) is 0.0741. The number of rotatable bonds is 4. The molecule has 0 unspecified atom stereocenters. The van der Waals surface area contributed by atoms with Crippen molar-refractivity contribution in [2.24, 2.45) is 0 Å². The van der Waals surface area contributed by atoms with E-state index in [9.17, 15) is 0 Å². The first-order chi connectivity index (χ1) is 27.4. The second-order valence-electron chi connectivity index (χ2n) is 16.1. The molecular formula is C54H39NS. The minimum atomic E-state index is 0.0324. The lowest BCUT2D eigenvalue weighted by molar-refractivity contribution is 0.591. The third kappa shape index (κ3) is 5.06. The highest BCUT2D eigenvalue weighted by Crippen LogP contribution is 2.46. The lowest BCUT2D eigenvalue weighted by Gasteiger charge is -2.23. The molecule has 0 N–H and O–H groups in total. The number of nitrogens with zero attached hydrogens (tertiary/aromatic N) is 1. The number of para-hydroxylation sites is 1. The van der Waals surface area contributed by atoms with Crippen LogP contribution in [0.3, 0.4) is 0 Å². The summed E-state index contributed by atoms with van der Waals surface area (Å²) in [6.45, 7) is 6.91. The highest BCUT2D eigenvalue weighted by atomic mass is 32.1. The third-order valence-corrected chi connectivity index (χ3v) is 13.0. The molecule has 0 amide bonds. The van der Waals surface area contributed by atoms with Crippen LogP contribution in [-0.4, -0.2) is 4.57 Å². The zero-order chi connectivity index (χ0) is 37.5. The van der Waals surface area contributed by atoms with Gasteiger partial charge in [0.05, 0.1) is 11.0 Å². The van der Waals surface area contributed by atoms with Crippen molar-refractivity contribution in [1.82, 2.24) is 4.57 Å². The smallest absolute Gasteiger partial charge is 0.0541 e. The molecule has 0 aliphatic carbocycles. The van der Waals surface area contributed by atoms with E-state index in [2.05, 4.69) is 207 Å². The van der Waals surface area contributed by atoms with Crippen molar-refractivity contribution in [3.63, 3.8) is 0 Å². The van der Waals surface area contributed by atoms with Gasteiger partial charge in [-0.2, -0.15) is 0 Å². The molecule has 0 bridgehead atoms. The van der Waals surface area contributed by atoms with Gasteiger partial charge >= 0.3 is 0 Å². The Kier molecular flexibility index (Phi) is 7.36. The zero-order valence-electron chi connectivity index (χ0n) is 31.7. The van der Waals surface area contributed by atoms with E-state index in [4.69, 9.17) is 0 Å². The molecule has 2 heterocycles. The van der Waals surface area contributed by atoms with E-state index in [1.807, 2.05) is 11.3 Å². The van der Waals surface area contributed by atoms with Crippen LogP contribution in [0.25, 0.3) is 103 Å². The summed E-state index contributed by atoms with van der Waals surface area (Å²) in [5.41, 5.74) is 12.5. The van der Waals surface area contributed by atoms with E-state index in [1.165, 1.54) is 102 Å². The van der Waals surface area contributed by atoms with Crippen molar-refractivity contribution in [2.75, 3.05) is 0 Å². The van der Waals surface area contributed by atoms with Crippen LogP contribution in [0, 0.1) is 0 Å². The molecule has 0 radical (unpaired) electrons. The summed E-state index contributed by atoms with van der Waals surface area (Å²) in [4.78, 5) is 0. The van der Waals surface area contributed by atoms with Crippen LogP contribution in [0.15, 0.2) is 182 Å². The van der Waals surface area contributed by atoms with Crippen molar-refractivity contribution in [3.05, 3.63) is 188 Å². The zero-order valence-corrected chi connectivity index (χ0v) is 32.5. The highest BCUT2D eigenvalue weighted by molar-refractivity contribution is 7.26. The molecule has 0 saturated heterocycles. The van der Waals surface area contributed by atoms with Gasteiger partial charge in [0.1, 0.15) is 0 Å². The Labute approximate surface area is 330 Å². The number of aromatic nitrogens is 1. The normalized spacial score (nSPS) is 12.2. The van der Waals surface area contributed by atoms with Crippen LogP contribution in [0.4, 0.5) is 0 Å². The molecule has 11 aromatic rings. The first-order valence-electron chi connectivity index (χ1n) is 19.5. The lowest BCUT2D eigenvalue weighted by Crippen LogP contribution is -2.10. The highest BCUT2D eigenvalue weighted by Gasteiger charge is 2.21. The van der Waals surface area contributed by atoms with Crippen LogP contribution in [0.5, 0.6) is 0 Å². The molecule has 1 nitrogen and oxygen atoms in total. The molecule has 0 fully saturated rings. The number of fused-ring (bicyclic) bond motifs is 8. The molecule has 11 rings (SSSR count). The van der Waals surface area contributed by atoms with Crippen molar-refractivity contribution >= 4 is 74.9 Å². The molecule has 9 aromatic carbocycles. The molecule has 0 spiro atoms. The van der Waals surface area contributed by atoms with Gasteiger partial charge in [0, 0.05) is 36.6 Å². The molecule has 0 aliphatic heterocycles. The van der Waals surface area contributed by atoms with Gasteiger partial charge in [0.15, 0.2) is 0 Å². The second kappa shape index (κ2) is 12.5. The summed E-state index contributed by atoms with van der Waals surface area (Å²) in [6.07, 6.45) is 0. The maximum atomic E-state index is 2.44. The van der Waals surface area contributed by atoms with Gasteiger partial charge in [-0.15, -0.1) is 11.3 Å². The Morgan fingerprint density at radius 2 is 0.982 bits per heavy atom. The largest absolute Gasteiger partial charge is 0.309 e. The van der Waals surface area contributed by atoms with Gasteiger partial charge in [0.25, 0.3) is 0 Å². The number of hydrogen-bond donors (Lipinski definition) is 0. The van der Waals surface area contributed by atoms with Crippen molar-refractivity contribution in [1.29, 1.82) is 0 Å². The molecule has 56 heavy (non-hydrogen) atoms. The minimum absolute atomic E-state index is 0.0324. The van der Waals surface area contributed by atoms with Gasteiger partial charge in [-0.1, -0.05) is 160 Å². The van der Waals surface area contributed by atoms with Gasteiger partial charge in [-0.3, -0.25) is 0 Å². The lowest BCUT2D eigenvalue weighted by atomic mass is 9.81. The van der Waals surface area contributed by atoms with Crippen molar-refractivity contribution in [3.8, 4) is 39.1 Å². The quantitative estimate of drug-likeness (QED) is 0.159. The fourth-order valence-corrected chi connectivity index (χ4v) is 10.3. The van der Waals surface area contributed by atoms with E-state index in [-0.39, 0.29) is 5.41 Å². The first-order valence-corrected chi connectivity index (χ1v) is 20.3. The van der Waals surface area contributed by atoms with Crippen molar-refractivity contribution in [2.45, 2.75) is 26.2 Å². The van der Waals surface area contributed by atoms with Crippen LogP contribution in [-0.2, 0) is 5.41 Å². The molecule has 266 valence electrons. The van der Waals surface area contributed by atoms with Crippen LogP contribution < -0.4 is 0 Å². The first kappa shape index (κ1) is 32.9. The summed E-state index contributed by atoms with van der Waals surface area (Å²) in [7, 11) is 0. The van der Waals surface area contributed by atoms with E-state index in [1.54, 1.807) is 0 Å². The maximum Gasteiger partial charge on any atom is 0.0541 e. The van der Waals surface area contributed by atoms with Crippen LogP contribution in [0.2, 0.25) is 0 Å². The van der Waals surface area contributed by atoms with E-state index in [0.29, 0.717) is 0 Å². The van der Waals surface area contributed by atoms with Crippen LogP contribution >= 0.6 is 11.3 Å². The number of hydrogen-bond acceptors (Lipinski definition) is 1. The predicted molar refractivity (Wildman–Crippen MR) is 244 cm³/mol. The third-order valence-electron chi connectivity index (χ3n) is 11.8. The Morgan fingerprint density at radius 3 is 1.75 bits per heavy atom. The van der Waals surface area contributed by atoms with E-state index < -0.39 is 0 Å². The SMILES string of the molecule is CC(C)(C)c1ccc2c(-c3ccc(-n4c5ccccc5c5cc(-c6cccc7c6sc6ccccc67)ccc54)cc3)c3ccccc3c(-c3ccccc3)c2c1. The van der Waals surface area contributed by atoms with Crippen molar-refractivity contribution < 1.29 is 0 Å². The second-order valence-corrected chi connectivity index (χ2v) is 17.1. The summed E-state index contributed by atoms with van der Waals surface area (Å²) in [6, 6.07) is 67.6. The average Bonchev–Trinajstić information content (AvgIpc) is 3.78. The van der Waals surface area contributed by atoms with Gasteiger partial charge in [0.2, 0.25) is 0 Å². The Morgan fingerprint density at radius 1 is 0.393 bits per heavy atom. The van der Waals surface area contributed by atoms with Gasteiger partial charge < -0.3 is 4.57 Å². The fourth-order valence-electron chi connectivity index (χ4n) is 9.04. The Bertz CT molecular complexity index is 3320. The van der Waals surface area contributed by atoms with Crippen LogP contribution in [0.1, 0.15) is 26.3 Å². The topological polar surface area (TPSA) is 4.93 Å². The summed E-state index contributed by atoms with van der Waals surface area (Å²) in [5.74, 6) is 0. The average molecular weight is 734 g/mol. The Hall–Kier alpha value is -6.48. The van der Waals surface area contributed by atoms with Gasteiger partial charge in [-0.05, 0) is 108 Å². The minimum Gasteiger partial charge on any atom is -0.309 e. The maximum absolute atomic E-state index is 2.44. The summed E-state index contributed by atoms with van der Waals surface area (Å²) >= 11 is 1.89. The number of thiophene rings is 1. The summed E-state index contributed by atoms with van der Waals surface area (Å²) < 4.78 is 5.11. The number of benzene rings is 9. The molecule has 2 aromatic heterocycles. The monoisotopic (exact) mass is 733 g/mol. The van der Waals surface area contributed by atoms with Gasteiger partial charge in [-0.25, -0.2) is 0 Å². The molecular weight excluding hydrogens is 695 g/mol.